The van der Waals surface area contributed by atoms with E-state index in [4.69, 9.17) is 0 Å². The van der Waals surface area contributed by atoms with E-state index in [1.54, 1.807) is 11.0 Å². The molecule has 0 aliphatic carbocycles. The molecule has 174 valence electrons. The zero-order valence-electron chi connectivity index (χ0n) is 17.5. The highest BCUT2D eigenvalue weighted by atomic mass is 32.1. The predicted octanol–water partition coefficient (Wildman–Crippen LogP) is 3.65. The number of nitrogens with zero attached hydrogens (tertiary/aromatic N) is 5. The number of carbonyl (C=O) groups is 1. The Morgan fingerprint density at radius 2 is 1.94 bits per heavy atom. The van der Waals surface area contributed by atoms with Gasteiger partial charge in [0.1, 0.15) is 5.82 Å². The van der Waals surface area contributed by atoms with Crippen LogP contribution < -0.4 is 4.90 Å². The molecule has 1 aromatic carbocycles. The molecule has 1 aromatic heterocycles. The first kappa shape index (κ1) is 22.9. The standard InChI is InChI=1S/C21H25F4N5OS/c22-17-6-1-4-15(12-17)13-28-7-2-5-16(14-28)18(31)29-8-3-9-30(11-10-29)20-27-26-19(32-20)21(23,24)25/h1,4,6,12,16H,2-3,5,7-11,13-14H2. The minimum absolute atomic E-state index is 0.0871. The molecule has 3 heterocycles. The van der Waals surface area contributed by atoms with E-state index in [1.165, 1.54) is 12.1 Å². The lowest BCUT2D eigenvalue weighted by atomic mass is 9.96. The van der Waals surface area contributed by atoms with Crippen molar-refractivity contribution in [3.05, 3.63) is 40.7 Å². The van der Waals surface area contributed by atoms with Gasteiger partial charge in [-0.1, -0.05) is 23.5 Å². The summed E-state index contributed by atoms with van der Waals surface area (Å²) in [5.41, 5.74) is 0.888. The molecule has 11 heteroatoms. The fraction of sp³-hybridized carbons (Fsp3) is 0.571. The summed E-state index contributed by atoms with van der Waals surface area (Å²) in [5.74, 6) is -0.301. The van der Waals surface area contributed by atoms with Crippen LogP contribution in [0.1, 0.15) is 29.8 Å². The zero-order chi connectivity index (χ0) is 22.7. The Bertz CT molecular complexity index is 937. The summed E-state index contributed by atoms with van der Waals surface area (Å²) in [7, 11) is 0. The van der Waals surface area contributed by atoms with Gasteiger partial charge in [-0.25, -0.2) is 4.39 Å². The van der Waals surface area contributed by atoms with Crippen LogP contribution in [0.2, 0.25) is 0 Å². The second kappa shape index (κ2) is 9.70. The molecule has 0 radical (unpaired) electrons. The van der Waals surface area contributed by atoms with Crippen LogP contribution >= 0.6 is 11.3 Å². The van der Waals surface area contributed by atoms with Crippen molar-refractivity contribution in [3.8, 4) is 0 Å². The SMILES string of the molecule is O=C(C1CCCN(Cc2cccc(F)c2)C1)N1CCCN(c2nnc(C(F)(F)F)s2)CC1. The molecule has 0 N–H and O–H groups in total. The highest BCUT2D eigenvalue weighted by Crippen LogP contribution is 2.34. The van der Waals surface area contributed by atoms with Gasteiger partial charge in [0.2, 0.25) is 16.0 Å². The lowest BCUT2D eigenvalue weighted by Gasteiger charge is -2.34. The normalized spacial score (nSPS) is 20.9. The number of likely N-dealkylation sites (tertiary alicyclic amines) is 1. The first-order chi connectivity index (χ1) is 15.3. The van der Waals surface area contributed by atoms with Crippen LogP contribution in [-0.2, 0) is 17.5 Å². The Labute approximate surface area is 187 Å². The first-order valence-corrected chi connectivity index (χ1v) is 11.5. The van der Waals surface area contributed by atoms with E-state index < -0.39 is 11.2 Å². The van der Waals surface area contributed by atoms with Gasteiger partial charge in [-0.05, 0) is 43.5 Å². The van der Waals surface area contributed by atoms with Crippen molar-refractivity contribution in [1.29, 1.82) is 0 Å². The summed E-state index contributed by atoms with van der Waals surface area (Å²) in [6.07, 6.45) is -2.13. The third-order valence-corrected chi connectivity index (χ3v) is 6.91. The molecule has 2 saturated heterocycles. The summed E-state index contributed by atoms with van der Waals surface area (Å²) in [6.45, 7) is 4.08. The molecule has 0 bridgehead atoms. The minimum Gasteiger partial charge on any atom is -0.345 e. The first-order valence-electron chi connectivity index (χ1n) is 10.7. The van der Waals surface area contributed by atoms with E-state index in [9.17, 15) is 22.4 Å². The Kier molecular flexibility index (Phi) is 6.94. The highest BCUT2D eigenvalue weighted by molar-refractivity contribution is 7.15. The Balaban J connectivity index is 1.33. The number of carbonyl (C=O) groups excluding carboxylic acids is 1. The lowest BCUT2D eigenvalue weighted by Crippen LogP contribution is -2.45. The number of benzene rings is 1. The third kappa shape index (κ3) is 5.55. The molecular weight excluding hydrogens is 446 g/mol. The van der Waals surface area contributed by atoms with Crippen LogP contribution in [0.5, 0.6) is 0 Å². The molecule has 1 amide bonds. The molecule has 32 heavy (non-hydrogen) atoms. The van der Waals surface area contributed by atoms with Crippen molar-refractivity contribution in [2.75, 3.05) is 44.2 Å². The molecule has 0 spiro atoms. The van der Waals surface area contributed by atoms with Gasteiger partial charge in [-0.2, -0.15) is 13.2 Å². The number of aromatic nitrogens is 2. The van der Waals surface area contributed by atoms with Crippen LogP contribution in [0.15, 0.2) is 24.3 Å². The minimum atomic E-state index is -4.50. The number of hydrogen-bond donors (Lipinski definition) is 0. The molecule has 2 aromatic rings. The smallest absolute Gasteiger partial charge is 0.345 e. The van der Waals surface area contributed by atoms with Gasteiger partial charge in [0.15, 0.2) is 0 Å². The van der Waals surface area contributed by atoms with Crippen molar-refractivity contribution in [1.82, 2.24) is 20.0 Å². The van der Waals surface area contributed by atoms with E-state index in [2.05, 4.69) is 15.1 Å². The summed E-state index contributed by atoms with van der Waals surface area (Å²) < 4.78 is 52.0. The molecule has 6 nitrogen and oxygen atoms in total. The zero-order valence-corrected chi connectivity index (χ0v) is 18.3. The van der Waals surface area contributed by atoms with Crippen molar-refractivity contribution >= 4 is 22.4 Å². The lowest BCUT2D eigenvalue weighted by molar-refractivity contribution is -0.138. The highest BCUT2D eigenvalue weighted by Gasteiger charge is 2.37. The molecular formula is C21H25F4N5OS. The van der Waals surface area contributed by atoms with Crippen LogP contribution in [-0.4, -0.2) is 65.2 Å². The number of halogens is 4. The van der Waals surface area contributed by atoms with Crippen molar-refractivity contribution < 1.29 is 22.4 Å². The van der Waals surface area contributed by atoms with E-state index in [0.717, 1.165) is 24.9 Å². The van der Waals surface area contributed by atoms with Crippen LogP contribution in [0, 0.1) is 11.7 Å². The van der Waals surface area contributed by atoms with E-state index in [1.807, 2.05) is 11.0 Å². The summed E-state index contributed by atoms with van der Waals surface area (Å²) in [4.78, 5) is 19.0. The monoisotopic (exact) mass is 471 g/mol. The maximum Gasteiger partial charge on any atom is 0.445 e. The fourth-order valence-corrected chi connectivity index (χ4v) is 5.10. The molecule has 0 saturated carbocycles. The quantitative estimate of drug-likeness (QED) is 0.638. The van der Waals surface area contributed by atoms with E-state index in [0.29, 0.717) is 57.0 Å². The van der Waals surface area contributed by atoms with Gasteiger partial charge >= 0.3 is 6.18 Å². The average molecular weight is 472 g/mol. The predicted molar refractivity (Wildman–Crippen MR) is 113 cm³/mol. The number of anilines is 1. The van der Waals surface area contributed by atoms with Gasteiger partial charge in [-0.3, -0.25) is 9.69 Å². The fourth-order valence-electron chi connectivity index (χ4n) is 4.34. The number of amides is 1. The number of hydrogen-bond acceptors (Lipinski definition) is 6. The Hall–Kier alpha value is -2.27. The second-order valence-corrected chi connectivity index (χ2v) is 9.21. The average Bonchev–Trinajstić information content (AvgIpc) is 3.13. The Morgan fingerprint density at radius 3 is 2.69 bits per heavy atom. The molecule has 1 unspecified atom stereocenters. The molecule has 2 fully saturated rings. The van der Waals surface area contributed by atoms with E-state index in [-0.39, 0.29) is 22.8 Å². The molecule has 2 aliphatic heterocycles. The summed E-state index contributed by atoms with van der Waals surface area (Å²) in [5, 5.41) is 6.25. The number of alkyl halides is 3. The maximum atomic E-state index is 13.5. The van der Waals surface area contributed by atoms with Crippen molar-refractivity contribution in [3.63, 3.8) is 0 Å². The Morgan fingerprint density at radius 1 is 1.09 bits per heavy atom. The molecule has 4 rings (SSSR count). The summed E-state index contributed by atoms with van der Waals surface area (Å²) in [6, 6.07) is 6.51. The van der Waals surface area contributed by atoms with Gasteiger partial charge in [0.25, 0.3) is 0 Å². The van der Waals surface area contributed by atoms with Crippen LogP contribution in [0.3, 0.4) is 0 Å². The summed E-state index contributed by atoms with van der Waals surface area (Å²) >= 11 is 0.537. The van der Waals surface area contributed by atoms with Crippen LogP contribution in [0.25, 0.3) is 0 Å². The number of rotatable bonds is 4. The van der Waals surface area contributed by atoms with Gasteiger partial charge in [0.05, 0.1) is 5.92 Å². The van der Waals surface area contributed by atoms with Crippen molar-refractivity contribution in [2.24, 2.45) is 5.92 Å². The second-order valence-electron chi connectivity index (χ2n) is 8.26. The van der Waals surface area contributed by atoms with Crippen LogP contribution in [0.4, 0.5) is 22.7 Å². The molecule has 1 atom stereocenters. The number of piperidine rings is 1. The van der Waals surface area contributed by atoms with Gasteiger partial charge < -0.3 is 9.80 Å². The van der Waals surface area contributed by atoms with E-state index >= 15 is 0 Å². The molecule has 2 aliphatic rings. The van der Waals surface area contributed by atoms with Gasteiger partial charge in [0, 0.05) is 39.3 Å². The van der Waals surface area contributed by atoms with Gasteiger partial charge in [-0.15, -0.1) is 10.2 Å². The largest absolute Gasteiger partial charge is 0.445 e. The maximum absolute atomic E-state index is 13.5. The van der Waals surface area contributed by atoms with Crippen molar-refractivity contribution in [2.45, 2.75) is 32.0 Å². The topological polar surface area (TPSA) is 52.6 Å². The third-order valence-electron chi connectivity index (χ3n) is 5.88.